The molecule has 2 rings (SSSR count). The van der Waals surface area contributed by atoms with Gasteiger partial charge < -0.3 is 10.4 Å². The second-order valence-corrected chi connectivity index (χ2v) is 4.90. The number of hydrogen-bond acceptors (Lipinski definition) is 2. The minimum Gasteiger partial charge on any atom is -0.508 e. The minimum atomic E-state index is 0.392. The van der Waals surface area contributed by atoms with Crippen molar-refractivity contribution in [1.82, 2.24) is 5.32 Å². The fraction of sp³-hybridized carbons (Fsp3) is 0.538. The van der Waals surface area contributed by atoms with Gasteiger partial charge in [-0.3, -0.25) is 0 Å². The lowest BCUT2D eigenvalue weighted by molar-refractivity contribution is 0.156. The normalized spacial score (nSPS) is 18.5. The Morgan fingerprint density at radius 3 is 2.67 bits per heavy atom. The van der Waals surface area contributed by atoms with Gasteiger partial charge in [0.1, 0.15) is 5.75 Å². The highest BCUT2D eigenvalue weighted by Crippen LogP contribution is 2.39. The molecule has 0 amide bonds. The van der Waals surface area contributed by atoms with Crippen LogP contribution in [0.25, 0.3) is 0 Å². The number of hydrogen-bond donors (Lipinski definition) is 2. The molecule has 2 heteroatoms. The van der Waals surface area contributed by atoms with Gasteiger partial charge in [-0.2, -0.15) is 0 Å². The molecule has 0 radical (unpaired) electrons. The van der Waals surface area contributed by atoms with Crippen molar-refractivity contribution in [3.8, 4) is 5.75 Å². The summed E-state index contributed by atoms with van der Waals surface area (Å²) in [5.74, 6) is 0.392. The van der Waals surface area contributed by atoms with E-state index in [9.17, 15) is 5.11 Å². The summed E-state index contributed by atoms with van der Waals surface area (Å²) < 4.78 is 0. The highest BCUT2D eigenvalue weighted by Gasteiger charge is 2.30. The van der Waals surface area contributed by atoms with Crippen molar-refractivity contribution in [2.45, 2.75) is 32.7 Å². The molecule has 0 aromatic heterocycles. The van der Waals surface area contributed by atoms with Gasteiger partial charge in [0.2, 0.25) is 0 Å². The van der Waals surface area contributed by atoms with E-state index in [-0.39, 0.29) is 0 Å². The molecular formula is C13H19NO. The molecule has 0 aliphatic heterocycles. The molecule has 0 unspecified atom stereocenters. The number of aromatic hydroxyl groups is 1. The summed E-state index contributed by atoms with van der Waals surface area (Å²) in [5, 5.41) is 13.0. The van der Waals surface area contributed by atoms with E-state index in [1.54, 1.807) is 6.07 Å². The molecule has 0 heterocycles. The first-order valence-electron chi connectivity index (χ1n) is 5.67. The lowest BCUT2D eigenvalue weighted by atomic mass is 9.70. The Morgan fingerprint density at radius 1 is 1.33 bits per heavy atom. The maximum Gasteiger partial charge on any atom is 0.120 e. The first-order valence-corrected chi connectivity index (χ1v) is 5.67. The molecule has 0 atom stereocenters. The van der Waals surface area contributed by atoms with Gasteiger partial charge in [0.15, 0.2) is 0 Å². The molecule has 0 saturated heterocycles. The number of phenols is 1. The minimum absolute atomic E-state index is 0.392. The Morgan fingerprint density at radius 2 is 2.07 bits per heavy atom. The third kappa shape index (κ3) is 2.51. The van der Waals surface area contributed by atoms with Crippen LogP contribution in [0, 0.1) is 5.41 Å². The number of rotatable bonds is 4. The van der Waals surface area contributed by atoms with Crippen LogP contribution in [-0.2, 0) is 6.54 Å². The second-order valence-electron chi connectivity index (χ2n) is 4.90. The number of benzene rings is 1. The van der Waals surface area contributed by atoms with Gasteiger partial charge in [0.05, 0.1) is 0 Å². The SMILES string of the molecule is CC1(CNCc2ccccc2O)CCC1. The van der Waals surface area contributed by atoms with E-state index in [4.69, 9.17) is 0 Å². The first-order chi connectivity index (χ1) is 7.20. The Bertz CT molecular complexity index is 331. The third-order valence-corrected chi connectivity index (χ3v) is 3.42. The maximum absolute atomic E-state index is 9.57. The van der Waals surface area contributed by atoms with Crippen LogP contribution >= 0.6 is 0 Å². The monoisotopic (exact) mass is 205 g/mol. The van der Waals surface area contributed by atoms with Crippen LogP contribution in [0.3, 0.4) is 0 Å². The Balaban J connectivity index is 1.81. The van der Waals surface area contributed by atoms with E-state index in [0.717, 1.165) is 18.7 Å². The summed E-state index contributed by atoms with van der Waals surface area (Å²) in [4.78, 5) is 0. The van der Waals surface area contributed by atoms with Crippen LogP contribution in [0.1, 0.15) is 31.7 Å². The van der Waals surface area contributed by atoms with Crippen LogP contribution in [0.2, 0.25) is 0 Å². The van der Waals surface area contributed by atoms with E-state index in [0.29, 0.717) is 11.2 Å². The third-order valence-electron chi connectivity index (χ3n) is 3.42. The molecule has 1 aliphatic rings. The smallest absolute Gasteiger partial charge is 0.120 e. The van der Waals surface area contributed by atoms with Crippen LogP contribution in [0.15, 0.2) is 24.3 Å². The highest BCUT2D eigenvalue weighted by molar-refractivity contribution is 5.31. The molecule has 15 heavy (non-hydrogen) atoms. The zero-order valence-electron chi connectivity index (χ0n) is 9.29. The molecule has 1 aromatic carbocycles. The lowest BCUT2D eigenvalue weighted by Crippen LogP contribution is -2.36. The molecule has 1 saturated carbocycles. The Hall–Kier alpha value is -1.02. The van der Waals surface area contributed by atoms with Crippen molar-refractivity contribution >= 4 is 0 Å². The fourth-order valence-corrected chi connectivity index (χ4v) is 2.12. The summed E-state index contributed by atoms with van der Waals surface area (Å²) in [7, 11) is 0. The van der Waals surface area contributed by atoms with E-state index in [1.807, 2.05) is 18.2 Å². The molecule has 2 nitrogen and oxygen atoms in total. The summed E-state index contributed by atoms with van der Waals surface area (Å²) >= 11 is 0. The fourth-order valence-electron chi connectivity index (χ4n) is 2.12. The zero-order valence-corrected chi connectivity index (χ0v) is 9.29. The van der Waals surface area contributed by atoms with Crippen LogP contribution in [-0.4, -0.2) is 11.7 Å². The van der Waals surface area contributed by atoms with E-state index in [2.05, 4.69) is 12.2 Å². The maximum atomic E-state index is 9.57. The van der Waals surface area contributed by atoms with Gasteiger partial charge in [-0.25, -0.2) is 0 Å². The van der Waals surface area contributed by atoms with Crippen molar-refractivity contribution in [2.75, 3.05) is 6.54 Å². The topological polar surface area (TPSA) is 32.3 Å². The molecule has 1 aromatic rings. The molecule has 82 valence electrons. The summed E-state index contributed by atoms with van der Waals surface area (Å²) in [6, 6.07) is 7.52. The predicted molar refractivity (Wildman–Crippen MR) is 61.8 cm³/mol. The van der Waals surface area contributed by atoms with Gasteiger partial charge in [-0.15, -0.1) is 0 Å². The van der Waals surface area contributed by atoms with Crippen molar-refractivity contribution in [3.05, 3.63) is 29.8 Å². The molecule has 1 aliphatic carbocycles. The van der Waals surface area contributed by atoms with Crippen molar-refractivity contribution < 1.29 is 5.11 Å². The lowest BCUT2D eigenvalue weighted by Gasteiger charge is -2.38. The van der Waals surface area contributed by atoms with E-state index >= 15 is 0 Å². The molecule has 1 fully saturated rings. The quantitative estimate of drug-likeness (QED) is 0.792. The molecule has 0 spiro atoms. The van der Waals surface area contributed by atoms with Crippen molar-refractivity contribution in [1.29, 1.82) is 0 Å². The molecule has 2 N–H and O–H groups in total. The van der Waals surface area contributed by atoms with Gasteiger partial charge in [-0.1, -0.05) is 31.5 Å². The zero-order chi connectivity index (χ0) is 10.7. The Kier molecular flexibility index (Phi) is 2.96. The van der Waals surface area contributed by atoms with Crippen LogP contribution in [0.4, 0.5) is 0 Å². The van der Waals surface area contributed by atoms with Gasteiger partial charge in [-0.05, 0) is 24.3 Å². The van der Waals surface area contributed by atoms with Crippen molar-refractivity contribution in [2.24, 2.45) is 5.41 Å². The van der Waals surface area contributed by atoms with E-state index < -0.39 is 0 Å². The Labute approximate surface area is 91.3 Å². The average molecular weight is 205 g/mol. The van der Waals surface area contributed by atoms with Gasteiger partial charge >= 0.3 is 0 Å². The van der Waals surface area contributed by atoms with Gasteiger partial charge in [0.25, 0.3) is 0 Å². The van der Waals surface area contributed by atoms with E-state index in [1.165, 1.54) is 19.3 Å². The standard InChI is InChI=1S/C13H19NO/c1-13(7-4-8-13)10-14-9-11-5-2-3-6-12(11)15/h2-3,5-6,14-15H,4,7-10H2,1H3. The largest absolute Gasteiger partial charge is 0.508 e. The number of phenolic OH excluding ortho intramolecular Hbond substituents is 1. The second kappa shape index (κ2) is 4.23. The number of para-hydroxylation sites is 1. The van der Waals surface area contributed by atoms with Crippen LogP contribution < -0.4 is 5.32 Å². The number of nitrogens with one attached hydrogen (secondary N) is 1. The summed E-state index contributed by atoms with van der Waals surface area (Å²) in [6.07, 6.45) is 4.04. The van der Waals surface area contributed by atoms with Gasteiger partial charge in [0, 0.05) is 18.7 Å². The first kappa shape index (κ1) is 10.5. The summed E-state index contributed by atoms with van der Waals surface area (Å²) in [6.45, 7) is 4.15. The molecule has 0 bridgehead atoms. The molecular weight excluding hydrogens is 186 g/mol. The predicted octanol–water partition coefficient (Wildman–Crippen LogP) is 2.67. The summed E-state index contributed by atoms with van der Waals surface area (Å²) in [5.41, 5.74) is 1.49. The average Bonchev–Trinajstić information content (AvgIpc) is 2.18. The van der Waals surface area contributed by atoms with Crippen LogP contribution in [0.5, 0.6) is 5.75 Å². The highest BCUT2D eigenvalue weighted by atomic mass is 16.3. The van der Waals surface area contributed by atoms with Crippen molar-refractivity contribution in [3.63, 3.8) is 0 Å².